The molecule has 4 heteroatoms. The van der Waals surface area contributed by atoms with E-state index in [1.54, 1.807) is 6.07 Å². The summed E-state index contributed by atoms with van der Waals surface area (Å²) in [6.45, 7) is 4.32. The van der Waals surface area contributed by atoms with Crippen LogP contribution in [0.1, 0.15) is 38.3 Å². The summed E-state index contributed by atoms with van der Waals surface area (Å²) in [6, 6.07) is 4.92. The van der Waals surface area contributed by atoms with Gasteiger partial charge in [0.25, 0.3) is 0 Å². The van der Waals surface area contributed by atoms with Crippen molar-refractivity contribution in [2.75, 3.05) is 0 Å². The second-order valence-electron chi connectivity index (χ2n) is 4.22. The topological polar surface area (TPSA) is 26.0 Å². The van der Waals surface area contributed by atoms with Gasteiger partial charge in [-0.1, -0.05) is 26.0 Å². The van der Waals surface area contributed by atoms with Gasteiger partial charge in [0.2, 0.25) is 0 Å². The van der Waals surface area contributed by atoms with E-state index >= 15 is 0 Å². The molecular formula is C12H18BrClFN. The highest BCUT2D eigenvalue weighted by atomic mass is 79.9. The van der Waals surface area contributed by atoms with Crippen LogP contribution in [0.15, 0.2) is 22.7 Å². The zero-order valence-corrected chi connectivity index (χ0v) is 11.9. The third-order valence-electron chi connectivity index (χ3n) is 2.44. The first-order chi connectivity index (χ1) is 7.02. The van der Waals surface area contributed by atoms with Crippen LogP contribution >= 0.6 is 28.3 Å². The largest absolute Gasteiger partial charge is 0.324 e. The lowest BCUT2D eigenvalue weighted by Crippen LogP contribution is -2.12. The van der Waals surface area contributed by atoms with Crippen LogP contribution in [-0.2, 0) is 0 Å². The lowest BCUT2D eigenvalue weighted by Gasteiger charge is -2.15. The molecule has 0 spiro atoms. The standard InChI is InChI=1S/C12H17BrFN.ClH/c1-8(2)6-7-11(15)9-4-3-5-10(14)12(9)13;/h3-5,8,11H,6-7,15H2,1-2H3;1H/t11-;/m1./s1. The number of hydrogen-bond acceptors (Lipinski definition) is 1. The molecule has 16 heavy (non-hydrogen) atoms. The minimum atomic E-state index is -0.243. The first kappa shape index (κ1) is 15.9. The summed E-state index contributed by atoms with van der Waals surface area (Å²) >= 11 is 3.23. The second-order valence-corrected chi connectivity index (χ2v) is 5.01. The third-order valence-corrected chi connectivity index (χ3v) is 3.27. The van der Waals surface area contributed by atoms with Crippen molar-refractivity contribution in [1.82, 2.24) is 0 Å². The van der Waals surface area contributed by atoms with Crippen LogP contribution in [0.2, 0.25) is 0 Å². The van der Waals surface area contributed by atoms with Crippen LogP contribution in [-0.4, -0.2) is 0 Å². The number of hydrogen-bond donors (Lipinski definition) is 1. The zero-order valence-electron chi connectivity index (χ0n) is 9.54. The van der Waals surface area contributed by atoms with Gasteiger partial charge >= 0.3 is 0 Å². The van der Waals surface area contributed by atoms with Crippen molar-refractivity contribution in [2.45, 2.75) is 32.7 Å². The van der Waals surface area contributed by atoms with Crippen molar-refractivity contribution in [3.05, 3.63) is 34.1 Å². The maximum absolute atomic E-state index is 13.2. The first-order valence-electron chi connectivity index (χ1n) is 5.22. The summed E-state index contributed by atoms with van der Waals surface area (Å²) in [5.41, 5.74) is 6.87. The Labute approximate surface area is 111 Å². The smallest absolute Gasteiger partial charge is 0.137 e. The van der Waals surface area contributed by atoms with Crippen LogP contribution in [0.3, 0.4) is 0 Å². The molecule has 0 aliphatic carbocycles. The van der Waals surface area contributed by atoms with Crippen LogP contribution in [0.5, 0.6) is 0 Å². The van der Waals surface area contributed by atoms with Crippen LogP contribution in [0, 0.1) is 11.7 Å². The van der Waals surface area contributed by atoms with Crippen LogP contribution < -0.4 is 5.73 Å². The number of benzene rings is 1. The molecule has 1 aromatic rings. The molecule has 0 aromatic heterocycles. The lowest BCUT2D eigenvalue weighted by atomic mass is 9.98. The zero-order chi connectivity index (χ0) is 11.4. The molecule has 0 bridgehead atoms. The average molecular weight is 311 g/mol. The Hall–Kier alpha value is -0.120. The molecule has 1 atom stereocenters. The summed E-state index contributed by atoms with van der Waals surface area (Å²) in [7, 11) is 0. The van der Waals surface area contributed by atoms with E-state index in [-0.39, 0.29) is 24.3 Å². The highest BCUT2D eigenvalue weighted by Crippen LogP contribution is 2.27. The van der Waals surface area contributed by atoms with Gasteiger partial charge in [0, 0.05) is 6.04 Å². The van der Waals surface area contributed by atoms with Crippen LogP contribution in [0.4, 0.5) is 4.39 Å². The van der Waals surface area contributed by atoms with Gasteiger partial charge in [-0.2, -0.15) is 0 Å². The highest BCUT2D eigenvalue weighted by molar-refractivity contribution is 9.10. The van der Waals surface area contributed by atoms with E-state index in [0.717, 1.165) is 18.4 Å². The fourth-order valence-corrected chi connectivity index (χ4v) is 2.03. The van der Waals surface area contributed by atoms with Gasteiger partial charge in [-0.25, -0.2) is 4.39 Å². The normalized spacial score (nSPS) is 12.4. The summed E-state index contributed by atoms with van der Waals surface area (Å²) in [5, 5.41) is 0. The Bertz CT molecular complexity index is 331. The molecule has 1 nitrogen and oxygen atoms in total. The van der Waals surface area contributed by atoms with Crippen molar-refractivity contribution in [3.8, 4) is 0 Å². The van der Waals surface area contributed by atoms with Gasteiger partial charge in [-0.05, 0) is 46.3 Å². The predicted octanol–water partition coefficient (Wildman–Crippen LogP) is 4.45. The van der Waals surface area contributed by atoms with E-state index in [1.807, 2.05) is 6.07 Å². The van der Waals surface area contributed by atoms with Gasteiger partial charge in [0.15, 0.2) is 0 Å². The molecular weight excluding hydrogens is 292 g/mol. The minimum Gasteiger partial charge on any atom is -0.324 e. The molecule has 1 aromatic carbocycles. The van der Waals surface area contributed by atoms with E-state index in [4.69, 9.17) is 5.73 Å². The Morgan fingerprint density at radius 3 is 2.50 bits per heavy atom. The predicted molar refractivity (Wildman–Crippen MR) is 72.3 cm³/mol. The molecule has 0 saturated heterocycles. The van der Waals surface area contributed by atoms with E-state index in [2.05, 4.69) is 29.8 Å². The molecule has 0 amide bonds. The summed E-state index contributed by atoms with van der Waals surface area (Å²) in [5.74, 6) is 0.385. The van der Waals surface area contributed by atoms with E-state index in [0.29, 0.717) is 10.4 Å². The molecule has 1 rings (SSSR count). The quantitative estimate of drug-likeness (QED) is 0.874. The fraction of sp³-hybridized carbons (Fsp3) is 0.500. The summed E-state index contributed by atoms with van der Waals surface area (Å²) in [6.07, 6.45) is 1.95. The molecule has 2 N–H and O–H groups in total. The van der Waals surface area contributed by atoms with E-state index in [9.17, 15) is 4.39 Å². The van der Waals surface area contributed by atoms with E-state index < -0.39 is 0 Å². The monoisotopic (exact) mass is 309 g/mol. The highest BCUT2D eigenvalue weighted by Gasteiger charge is 2.12. The maximum atomic E-state index is 13.2. The van der Waals surface area contributed by atoms with Crippen molar-refractivity contribution in [2.24, 2.45) is 11.7 Å². The first-order valence-corrected chi connectivity index (χ1v) is 6.01. The molecule has 92 valence electrons. The minimum absolute atomic E-state index is 0. The number of rotatable bonds is 4. The Kier molecular flexibility index (Phi) is 7.20. The fourth-order valence-electron chi connectivity index (χ4n) is 1.48. The molecule has 0 aliphatic heterocycles. The van der Waals surface area contributed by atoms with Crippen molar-refractivity contribution in [1.29, 1.82) is 0 Å². The molecule has 0 aliphatic rings. The third kappa shape index (κ3) is 4.40. The summed E-state index contributed by atoms with van der Waals surface area (Å²) in [4.78, 5) is 0. The number of halogens is 3. The molecule has 0 radical (unpaired) electrons. The van der Waals surface area contributed by atoms with E-state index in [1.165, 1.54) is 6.07 Å². The summed E-state index contributed by atoms with van der Waals surface area (Å²) < 4.78 is 13.7. The SMILES string of the molecule is CC(C)CC[C@@H](N)c1cccc(F)c1Br.Cl. The second kappa shape index (κ2) is 7.25. The molecule has 0 saturated carbocycles. The van der Waals surface area contributed by atoms with Gasteiger partial charge in [0.1, 0.15) is 5.82 Å². The van der Waals surface area contributed by atoms with Gasteiger partial charge in [0.05, 0.1) is 4.47 Å². The Balaban J connectivity index is 0.00000225. The Morgan fingerprint density at radius 1 is 1.31 bits per heavy atom. The lowest BCUT2D eigenvalue weighted by molar-refractivity contribution is 0.504. The number of nitrogens with two attached hydrogens (primary N) is 1. The van der Waals surface area contributed by atoms with Gasteiger partial charge in [-0.15, -0.1) is 12.4 Å². The van der Waals surface area contributed by atoms with Crippen molar-refractivity contribution in [3.63, 3.8) is 0 Å². The van der Waals surface area contributed by atoms with Crippen molar-refractivity contribution >= 4 is 28.3 Å². The van der Waals surface area contributed by atoms with Gasteiger partial charge < -0.3 is 5.73 Å². The van der Waals surface area contributed by atoms with Crippen molar-refractivity contribution < 1.29 is 4.39 Å². The average Bonchev–Trinajstić information content (AvgIpc) is 2.18. The maximum Gasteiger partial charge on any atom is 0.137 e. The van der Waals surface area contributed by atoms with Gasteiger partial charge in [-0.3, -0.25) is 0 Å². The molecule has 0 heterocycles. The molecule has 0 fully saturated rings. The van der Waals surface area contributed by atoms with Crippen LogP contribution in [0.25, 0.3) is 0 Å². The molecule has 0 unspecified atom stereocenters. The Morgan fingerprint density at radius 2 is 1.94 bits per heavy atom.